The summed E-state index contributed by atoms with van der Waals surface area (Å²) in [6, 6.07) is 4.51. The lowest BCUT2D eigenvalue weighted by molar-refractivity contribution is 0.519. The number of halogens is 2. The summed E-state index contributed by atoms with van der Waals surface area (Å²) in [5.41, 5.74) is 6.54. The van der Waals surface area contributed by atoms with Gasteiger partial charge in [-0.05, 0) is 32.0 Å². The molecule has 1 heterocycles. The van der Waals surface area contributed by atoms with Crippen LogP contribution in [0.25, 0.3) is 5.69 Å². The Kier molecular flexibility index (Phi) is 2.93. The van der Waals surface area contributed by atoms with Crippen molar-refractivity contribution in [1.29, 1.82) is 0 Å². The number of hydrogen-bond donors (Lipinski definition) is 1. The quantitative estimate of drug-likeness (QED) is 0.894. The van der Waals surface area contributed by atoms with Crippen molar-refractivity contribution < 1.29 is 4.39 Å². The smallest absolute Gasteiger partial charge is 0.148 e. The molecule has 0 saturated heterocycles. The minimum atomic E-state index is -0.595. The lowest BCUT2D eigenvalue weighted by Crippen LogP contribution is -2.31. The second kappa shape index (κ2) is 4.13. The van der Waals surface area contributed by atoms with E-state index < -0.39 is 11.4 Å². The molecule has 3 nitrogen and oxygen atoms in total. The number of aromatic nitrogens is 2. The molecule has 0 bridgehead atoms. The zero-order valence-corrected chi connectivity index (χ0v) is 10.4. The third-order valence-electron chi connectivity index (χ3n) is 2.47. The van der Waals surface area contributed by atoms with Crippen molar-refractivity contribution in [3.05, 3.63) is 47.3 Å². The van der Waals surface area contributed by atoms with Gasteiger partial charge in [0.2, 0.25) is 0 Å². The van der Waals surface area contributed by atoms with E-state index in [0.29, 0.717) is 10.7 Å². The Labute approximate surface area is 104 Å². The van der Waals surface area contributed by atoms with Gasteiger partial charge >= 0.3 is 0 Å². The van der Waals surface area contributed by atoms with Crippen LogP contribution in [-0.2, 0) is 5.54 Å². The van der Waals surface area contributed by atoms with E-state index in [0.717, 1.165) is 5.69 Å². The van der Waals surface area contributed by atoms with Crippen LogP contribution in [0.2, 0.25) is 5.02 Å². The van der Waals surface area contributed by atoms with Crippen LogP contribution in [0.5, 0.6) is 0 Å². The van der Waals surface area contributed by atoms with E-state index in [4.69, 9.17) is 17.3 Å². The summed E-state index contributed by atoms with van der Waals surface area (Å²) in [4.78, 5) is 4.01. The Bertz CT molecular complexity index is 543. The second-order valence-corrected chi connectivity index (χ2v) is 4.90. The van der Waals surface area contributed by atoms with Crippen LogP contribution in [0.4, 0.5) is 4.39 Å². The van der Waals surface area contributed by atoms with Gasteiger partial charge in [0.15, 0.2) is 0 Å². The van der Waals surface area contributed by atoms with Crippen LogP contribution in [0, 0.1) is 5.82 Å². The largest absolute Gasteiger partial charge is 0.321 e. The fourth-order valence-corrected chi connectivity index (χ4v) is 1.80. The Morgan fingerprint density at radius 1 is 1.41 bits per heavy atom. The van der Waals surface area contributed by atoms with Gasteiger partial charge < -0.3 is 5.73 Å². The van der Waals surface area contributed by atoms with Gasteiger partial charge in [0, 0.05) is 5.02 Å². The summed E-state index contributed by atoms with van der Waals surface area (Å²) in [5, 5.41) is 0.361. The average molecular weight is 254 g/mol. The molecule has 0 atom stereocenters. The molecule has 0 aliphatic heterocycles. The first-order valence-electron chi connectivity index (χ1n) is 5.17. The van der Waals surface area contributed by atoms with E-state index >= 15 is 0 Å². The van der Waals surface area contributed by atoms with Crippen LogP contribution in [0.15, 0.2) is 30.7 Å². The monoisotopic (exact) mass is 253 g/mol. The molecule has 2 N–H and O–H groups in total. The van der Waals surface area contributed by atoms with Crippen LogP contribution in [0.3, 0.4) is 0 Å². The molecule has 2 aromatic rings. The van der Waals surface area contributed by atoms with E-state index in [1.54, 1.807) is 22.9 Å². The highest BCUT2D eigenvalue weighted by atomic mass is 35.5. The topological polar surface area (TPSA) is 43.8 Å². The van der Waals surface area contributed by atoms with E-state index in [2.05, 4.69) is 4.98 Å². The van der Waals surface area contributed by atoms with Crippen molar-refractivity contribution in [3.63, 3.8) is 0 Å². The molecule has 0 fully saturated rings. The maximum absolute atomic E-state index is 13.8. The first kappa shape index (κ1) is 12.1. The number of rotatable bonds is 2. The molecule has 0 aliphatic carbocycles. The lowest BCUT2D eigenvalue weighted by Gasteiger charge is -2.20. The minimum Gasteiger partial charge on any atom is -0.321 e. The Morgan fingerprint density at radius 2 is 2.12 bits per heavy atom. The highest BCUT2D eigenvalue weighted by Gasteiger charge is 2.21. The number of imidazole rings is 1. The highest BCUT2D eigenvalue weighted by molar-refractivity contribution is 6.30. The SMILES string of the molecule is CC(C)(N)c1cncn1-c1ccc(Cl)cc1F. The molecule has 0 unspecified atom stereocenters. The van der Waals surface area contributed by atoms with E-state index in [1.807, 2.05) is 13.8 Å². The zero-order valence-electron chi connectivity index (χ0n) is 9.61. The highest BCUT2D eigenvalue weighted by Crippen LogP contribution is 2.24. The van der Waals surface area contributed by atoms with Crippen molar-refractivity contribution in [2.75, 3.05) is 0 Å². The Hall–Kier alpha value is -1.39. The number of benzene rings is 1. The van der Waals surface area contributed by atoms with Crippen molar-refractivity contribution in [3.8, 4) is 5.69 Å². The number of nitrogens with two attached hydrogens (primary N) is 1. The van der Waals surface area contributed by atoms with Crippen molar-refractivity contribution >= 4 is 11.6 Å². The van der Waals surface area contributed by atoms with Crippen LogP contribution in [-0.4, -0.2) is 9.55 Å². The first-order valence-corrected chi connectivity index (χ1v) is 5.54. The first-order chi connectivity index (χ1) is 7.89. The summed E-state index contributed by atoms with van der Waals surface area (Å²) < 4.78 is 15.4. The van der Waals surface area contributed by atoms with Gasteiger partial charge in [-0.3, -0.25) is 4.57 Å². The molecule has 0 radical (unpaired) electrons. The van der Waals surface area contributed by atoms with Crippen LogP contribution in [0.1, 0.15) is 19.5 Å². The van der Waals surface area contributed by atoms with Crippen molar-refractivity contribution in [2.24, 2.45) is 5.73 Å². The van der Waals surface area contributed by atoms with Crippen LogP contribution < -0.4 is 5.73 Å². The fourth-order valence-electron chi connectivity index (χ4n) is 1.64. The maximum atomic E-state index is 13.8. The maximum Gasteiger partial charge on any atom is 0.148 e. The summed E-state index contributed by atoms with van der Waals surface area (Å²) in [7, 11) is 0. The number of nitrogens with zero attached hydrogens (tertiary/aromatic N) is 2. The predicted molar refractivity (Wildman–Crippen MR) is 65.7 cm³/mol. The normalized spacial score (nSPS) is 11.8. The summed E-state index contributed by atoms with van der Waals surface area (Å²) in [6.45, 7) is 3.68. The van der Waals surface area contributed by atoms with Crippen molar-refractivity contribution in [1.82, 2.24) is 9.55 Å². The molecular formula is C12H13ClFN3. The molecule has 5 heteroatoms. The molecule has 1 aromatic carbocycles. The standard InChI is InChI=1S/C12H13ClFN3/c1-12(2,15)11-6-16-7-17(11)10-4-3-8(13)5-9(10)14/h3-7H,15H2,1-2H3. The van der Waals surface area contributed by atoms with Gasteiger partial charge in [0.1, 0.15) is 5.82 Å². The molecule has 2 rings (SSSR count). The summed E-state index contributed by atoms with van der Waals surface area (Å²) in [5.74, 6) is -0.402. The van der Waals surface area contributed by atoms with E-state index in [-0.39, 0.29) is 0 Å². The van der Waals surface area contributed by atoms with Gasteiger partial charge in [0.05, 0.1) is 29.4 Å². The molecule has 90 valence electrons. The molecule has 1 aromatic heterocycles. The van der Waals surface area contributed by atoms with Gasteiger partial charge in [-0.2, -0.15) is 0 Å². The summed E-state index contributed by atoms with van der Waals surface area (Å²) in [6.07, 6.45) is 3.17. The fraction of sp³-hybridized carbons (Fsp3) is 0.250. The average Bonchev–Trinajstić information content (AvgIpc) is 2.65. The van der Waals surface area contributed by atoms with Gasteiger partial charge in [-0.1, -0.05) is 11.6 Å². The Morgan fingerprint density at radius 3 is 2.71 bits per heavy atom. The molecule has 0 aliphatic rings. The molecule has 17 heavy (non-hydrogen) atoms. The zero-order chi connectivity index (χ0) is 12.6. The van der Waals surface area contributed by atoms with Gasteiger partial charge in [-0.25, -0.2) is 9.37 Å². The Balaban J connectivity index is 2.58. The second-order valence-electron chi connectivity index (χ2n) is 4.47. The third kappa shape index (κ3) is 2.33. The van der Waals surface area contributed by atoms with Gasteiger partial charge in [0.25, 0.3) is 0 Å². The molecule has 0 saturated carbocycles. The molecule has 0 spiro atoms. The molecular weight excluding hydrogens is 241 g/mol. The van der Waals surface area contributed by atoms with E-state index in [1.165, 1.54) is 12.4 Å². The minimum absolute atomic E-state index is 0.361. The van der Waals surface area contributed by atoms with Crippen molar-refractivity contribution in [2.45, 2.75) is 19.4 Å². The van der Waals surface area contributed by atoms with E-state index in [9.17, 15) is 4.39 Å². The summed E-state index contributed by atoms with van der Waals surface area (Å²) >= 11 is 5.72. The lowest BCUT2D eigenvalue weighted by atomic mass is 10.0. The predicted octanol–water partition coefficient (Wildman–Crippen LogP) is 2.86. The third-order valence-corrected chi connectivity index (χ3v) is 2.70. The molecule has 0 amide bonds. The number of hydrogen-bond acceptors (Lipinski definition) is 2. The van der Waals surface area contributed by atoms with Crippen LogP contribution >= 0.6 is 11.6 Å². The van der Waals surface area contributed by atoms with Gasteiger partial charge in [-0.15, -0.1) is 0 Å².